The van der Waals surface area contributed by atoms with E-state index in [2.05, 4.69) is 21.1 Å². The number of hydrogen-bond acceptors (Lipinski definition) is 2. The van der Waals surface area contributed by atoms with Gasteiger partial charge in [-0.25, -0.2) is 4.98 Å². The molecule has 1 aromatic rings. The summed E-state index contributed by atoms with van der Waals surface area (Å²) in [6.45, 7) is 1.16. The van der Waals surface area contributed by atoms with Crippen LogP contribution in [0.2, 0.25) is 0 Å². The molecule has 0 bridgehead atoms. The van der Waals surface area contributed by atoms with Crippen LogP contribution in [-0.4, -0.2) is 15.6 Å². The molecule has 2 fully saturated rings. The summed E-state index contributed by atoms with van der Waals surface area (Å²) < 4.78 is 2.34. The largest absolute Gasteiger partial charge is 0.353 e. The molecule has 2 aliphatic carbocycles. The topological polar surface area (TPSA) is 29.9 Å². The molecule has 3 heteroatoms. The molecule has 100 valence electrons. The van der Waals surface area contributed by atoms with Gasteiger partial charge in [0.25, 0.3) is 0 Å². The summed E-state index contributed by atoms with van der Waals surface area (Å²) in [6.07, 6.45) is 16.5. The van der Waals surface area contributed by atoms with E-state index < -0.39 is 0 Å². The van der Waals surface area contributed by atoms with Crippen LogP contribution in [-0.2, 0) is 6.54 Å². The average molecular weight is 247 g/mol. The molecule has 2 aliphatic rings. The second kappa shape index (κ2) is 5.77. The van der Waals surface area contributed by atoms with Gasteiger partial charge in [-0.3, -0.25) is 0 Å². The van der Waals surface area contributed by atoms with Crippen LogP contribution in [0.25, 0.3) is 0 Å². The van der Waals surface area contributed by atoms with Crippen LogP contribution in [0.4, 0.5) is 5.95 Å². The lowest BCUT2D eigenvalue weighted by Crippen LogP contribution is -2.24. The first-order chi connectivity index (χ1) is 8.92. The molecule has 1 aromatic heterocycles. The number of nitrogens with one attached hydrogen (secondary N) is 1. The summed E-state index contributed by atoms with van der Waals surface area (Å²) in [4.78, 5) is 4.50. The molecular weight excluding hydrogens is 222 g/mol. The second-order valence-corrected chi connectivity index (χ2v) is 6.03. The molecule has 1 N–H and O–H groups in total. The normalized spacial score (nSPS) is 22.4. The Morgan fingerprint density at radius 1 is 1.06 bits per heavy atom. The molecule has 18 heavy (non-hydrogen) atoms. The van der Waals surface area contributed by atoms with Gasteiger partial charge in [0.15, 0.2) is 0 Å². The molecule has 0 saturated heterocycles. The Morgan fingerprint density at radius 3 is 2.56 bits per heavy atom. The third kappa shape index (κ3) is 2.88. The highest BCUT2D eigenvalue weighted by atomic mass is 15.2. The molecule has 0 aliphatic heterocycles. The van der Waals surface area contributed by atoms with Crippen LogP contribution in [0.15, 0.2) is 12.4 Å². The minimum absolute atomic E-state index is 0.656. The lowest BCUT2D eigenvalue weighted by atomic mass is 9.96. The SMILES string of the molecule is c1cn(CC2CCCC2)c(NC2CCCCC2)n1. The van der Waals surface area contributed by atoms with E-state index in [4.69, 9.17) is 0 Å². The Morgan fingerprint density at radius 2 is 1.78 bits per heavy atom. The smallest absolute Gasteiger partial charge is 0.202 e. The van der Waals surface area contributed by atoms with E-state index in [1.165, 1.54) is 57.8 Å². The quantitative estimate of drug-likeness (QED) is 0.876. The zero-order chi connectivity index (χ0) is 12.2. The summed E-state index contributed by atoms with van der Waals surface area (Å²) in [5.41, 5.74) is 0. The molecule has 3 rings (SSSR count). The van der Waals surface area contributed by atoms with Crippen molar-refractivity contribution in [2.24, 2.45) is 5.92 Å². The van der Waals surface area contributed by atoms with Crippen molar-refractivity contribution in [3.8, 4) is 0 Å². The molecular formula is C15H25N3. The van der Waals surface area contributed by atoms with Crippen LogP contribution in [0.1, 0.15) is 57.8 Å². The van der Waals surface area contributed by atoms with Crippen molar-refractivity contribution >= 4 is 5.95 Å². The highest BCUT2D eigenvalue weighted by molar-refractivity contribution is 5.27. The molecule has 0 unspecified atom stereocenters. The zero-order valence-corrected chi connectivity index (χ0v) is 11.3. The number of rotatable bonds is 4. The van der Waals surface area contributed by atoms with E-state index in [9.17, 15) is 0 Å². The first kappa shape index (κ1) is 12.1. The van der Waals surface area contributed by atoms with Crippen molar-refractivity contribution in [2.75, 3.05) is 5.32 Å². The Bertz CT molecular complexity index is 360. The Labute approximate surface area is 110 Å². The summed E-state index contributed by atoms with van der Waals surface area (Å²) in [6, 6.07) is 0.656. The average Bonchev–Trinajstić information content (AvgIpc) is 3.04. The van der Waals surface area contributed by atoms with Gasteiger partial charge in [0.1, 0.15) is 0 Å². The summed E-state index contributed by atoms with van der Waals surface area (Å²) in [5.74, 6) is 1.99. The van der Waals surface area contributed by atoms with Crippen molar-refractivity contribution < 1.29 is 0 Å². The number of imidazole rings is 1. The molecule has 0 aromatic carbocycles. The van der Waals surface area contributed by atoms with Gasteiger partial charge in [-0.15, -0.1) is 0 Å². The van der Waals surface area contributed by atoms with Crippen LogP contribution < -0.4 is 5.32 Å². The molecule has 0 radical (unpaired) electrons. The van der Waals surface area contributed by atoms with E-state index >= 15 is 0 Å². The van der Waals surface area contributed by atoms with Gasteiger partial charge in [0.05, 0.1) is 0 Å². The van der Waals surface area contributed by atoms with E-state index in [-0.39, 0.29) is 0 Å². The van der Waals surface area contributed by atoms with Gasteiger partial charge in [0.2, 0.25) is 5.95 Å². The standard InChI is InChI=1S/C15H25N3/c1-2-8-14(9-3-1)17-15-16-10-11-18(15)12-13-6-4-5-7-13/h10-11,13-14H,1-9,12H2,(H,16,17). The minimum atomic E-state index is 0.656. The third-order valence-corrected chi connectivity index (χ3v) is 4.58. The first-order valence-electron chi connectivity index (χ1n) is 7.69. The predicted molar refractivity (Wildman–Crippen MR) is 74.7 cm³/mol. The van der Waals surface area contributed by atoms with Crippen LogP contribution in [0.3, 0.4) is 0 Å². The van der Waals surface area contributed by atoms with Gasteiger partial charge in [-0.1, -0.05) is 32.1 Å². The maximum Gasteiger partial charge on any atom is 0.202 e. The maximum atomic E-state index is 4.50. The Balaban J connectivity index is 1.59. The molecule has 2 saturated carbocycles. The minimum Gasteiger partial charge on any atom is -0.353 e. The van der Waals surface area contributed by atoms with E-state index in [0.717, 1.165) is 18.4 Å². The van der Waals surface area contributed by atoms with Crippen molar-refractivity contribution in [1.82, 2.24) is 9.55 Å². The fraction of sp³-hybridized carbons (Fsp3) is 0.800. The Hall–Kier alpha value is -0.990. The van der Waals surface area contributed by atoms with Crippen LogP contribution in [0.5, 0.6) is 0 Å². The van der Waals surface area contributed by atoms with Crippen molar-refractivity contribution in [3.05, 3.63) is 12.4 Å². The highest BCUT2D eigenvalue weighted by Crippen LogP contribution is 2.27. The molecule has 0 atom stereocenters. The van der Waals surface area contributed by atoms with Crippen LogP contribution in [0, 0.1) is 5.92 Å². The van der Waals surface area contributed by atoms with Gasteiger partial charge < -0.3 is 9.88 Å². The second-order valence-electron chi connectivity index (χ2n) is 6.03. The lowest BCUT2D eigenvalue weighted by Gasteiger charge is -2.24. The van der Waals surface area contributed by atoms with Gasteiger partial charge in [-0.2, -0.15) is 0 Å². The fourth-order valence-electron chi connectivity index (χ4n) is 3.50. The number of aromatic nitrogens is 2. The van der Waals surface area contributed by atoms with Crippen molar-refractivity contribution in [1.29, 1.82) is 0 Å². The van der Waals surface area contributed by atoms with Gasteiger partial charge >= 0.3 is 0 Å². The maximum absolute atomic E-state index is 4.50. The molecule has 0 amide bonds. The number of anilines is 1. The highest BCUT2D eigenvalue weighted by Gasteiger charge is 2.18. The fourth-order valence-corrected chi connectivity index (χ4v) is 3.50. The zero-order valence-electron chi connectivity index (χ0n) is 11.3. The monoisotopic (exact) mass is 247 g/mol. The summed E-state index contributed by atoms with van der Waals surface area (Å²) >= 11 is 0. The van der Waals surface area contributed by atoms with E-state index in [0.29, 0.717) is 6.04 Å². The lowest BCUT2D eigenvalue weighted by molar-refractivity contribution is 0.443. The van der Waals surface area contributed by atoms with E-state index in [1.54, 1.807) is 0 Å². The number of nitrogens with zero attached hydrogens (tertiary/aromatic N) is 2. The van der Waals surface area contributed by atoms with Crippen molar-refractivity contribution in [2.45, 2.75) is 70.4 Å². The van der Waals surface area contributed by atoms with Crippen LogP contribution >= 0.6 is 0 Å². The van der Waals surface area contributed by atoms with Crippen molar-refractivity contribution in [3.63, 3.8) is 0 Å². The molecule has 3 nitrogen and oxygen atoms in total. The first-order valence-corrected chi connectivity index (χ1v) is 7.69. The van der Waals surface area contributed by atoms with Gasteiger partial charge in [0, 0.05) is 25.0 Å². The number of hydrogen-bond donors (Lipinski definition) is 1. The summed E-state index contributed by atoms with van der Waals surface area (Å²) in [7, 11) is 0. The predicted octanol–water partition coefficient (Wildman–Crippen LogP) is 3.82. The molecule has 1 heterocycles. The van der Waals surface area contributed by atoms with Gasteiger partial charge in [-0.05, 0) is 31.6 Å². The Kier molecular flexibility index (Phi) is 3.87. The van der Waals surface area contributed by atoms with E-state index in [1.807, 2.05) is 6.20 Å². The third-order valence-electron chi connectivity index (χ3n) is 4.58. The molecule has 0 spiro atoms. The summed E-state index contributed by atoms with van der Waals surface area (Å²) in [5, 5.41) is 3.66.